The number of piperidine rings is 1. The number of hydrogen-bond acceptors (Lipinski definition) is 6. The molecular formula is C28H28F4N6O4. The standard InChI is InChI=1S/C28H28F4N6O4/c1-15(2)22(34-23(39)19-13-17(28(30,31)32)4-6-20(19)29)24(40)37-10-8-27(9-11-37)25(41)36(3)26(42)38(27)18-5-7-21-16(12-18)14-33-35-21/h4-7,12-14,22,26,42H,1,8-11H2,2-3H3,(H,33,35)(H,34,39). The average molecular weight is 589 g/mol. The summed E-state index contributed by atoms with van der Waals surface area (Å²) in [5.41, 5.74) is -1.68. The molecule has 2 saturated heterocycles. The van der Waals surface area contributed by atoms with Gasteiger partial charge in [0, 0.05) is 31.2 Å². The monoisotopic (exact) mass is 588 g/mol. The molecule has 0 saturated carbocycles. The van der Waals surface area contributed by atoms with Crippen molar-refractivity contribution in [3.63, 3.8) is 0 Å². The highest BCUT2D eigenvalue weighted by Crippen LogP contribution is 2.42. The number of anilines is 1. The van der Waals surface area contributed by atoms with E-state index >= 15 is 0 Å². The summed E-state index contributed by atoms with van der Waals surface area (Å²) in [7, 11) is 1.49. The number of carbonyl (C=O) groups excluding carboxylic acids is 3. The number of alkyl halides is 3. The summed E-state index contributed by atoms with van der Waals surface area (Å²) in [5.74, 6) is -3.31. The Balaban J connectivity index is 1.35. The molecule has 0 bridgehead atoms. The number of carbonyl (C=O) groups is 3. The minimum absolute atomic E-state index is 0.0627. The number of halogens is 4. The lowest BCUT2D eigenvalue weighted by Gasteiger charge is -2.44. The van der Waals surface area contributed by atoms with Crippen LogP contribution in [-0.2, 0) is 15.8 Å². The number of amides is 3. The number of H-pyrrole nitrogens is 1. The third-order valence-corrected chi connectivity index (χ3v) is 7.91. The second kappa shape index (κ2) is 10.4. The average Bonchev–Trinajstić information content (AvgIpc) is 3.48. The summed E-state index contributed by atoms with van der Waals surface area (Å²) >= 11 is 0. The number of benzene rings is 2. The summed E-state index contributed by atoms with van der Waals surface area (Å²) in [6.45, 7) is 5.31. The molecule has 3 heterocycles. The van der Waals surface area contributed by atoms with E-state index < -0.39 is 52.9 Å². The van der Waals surface area contributed by atoms with E-state index in [4.69, 9.17) is 0 Å². The van der Waals surface area contributed by atoms with Crippen LogP contribution < -0.4 is 10.2 Å². The Labute approximate surface area is 237 Å². The van der Waals surface area contributed by atoms with Crippen molar-refractivity contribution in [3.05, 3.63) is 71.7 Å². The summed E-state index contributed by atoms with van der Waals surface area (Å²) in [5, 5.41) is 21.0. The largest absolute Gasteiger partial charge is 0.416 e. The Morgan fingerprint density at radius 3 is 2.52 bits per heavy atom. The molecule has 222 valence electrons. The lowest BCUT2D eigenvalue weighted by molar-refractivity contribution is -0.139. The predicted octanol–water partition coefficient (Wildman–Crippen LogP) is 3.01. The molecule has 14 heteroatoms. The van der Waals surface area contributed by atoms with Crippen molar-refractivity contribution in [3.8, 4) is 0 Å². The maximum absolute atomic E-state index is 14.3. The third-order valence-electron chi connectivity index (χ3n) is 7.91. The first-order valence-corrected chi connectivity index (χ1v) is 13.0. The van der Waals surface area contributed by atoms with Crippen molar-refractivity contribution in [2.45, 2.75) is 43.9 Å². The van der Waals surface area contributed by atoms with Crippen LogP contribution in [0.25, 0.3) is 10.9 Å². The summed E-state index contributed by atoms with van der Waals surface area (Å²) in [6, 6.07) is 5.44. The molecule has 42 heavy (non-hydrogen) atoms. The minimum Gasteiger partial charge on any atom is -0.356 e. The molecule has 5 rings (SSSR count). The SMILES string of the molecule is C=C(C)C(NC(=O)c1cc(C(F)(F)F)ccc1F)C(=O)N1CCC2(CC1)C(=O)N(C)C(O)N2c1ccc2[nH]ncc2c1. The fourth-order valence-electron chi connectivity index (χ4n) is 5.61. The number of hydrogen-bond donors (Lipinski definition) is 3. The molecule has 0 aliphatic carbocycles. The summed E-state index contributed by atoms with van der Waals surface area (Å²) < 4.78 is 53.7. The molecule has 2 aliphatic rings. The number of aliphatic hydroxyl groups is 1. The van der Waals surface area contributed by atoms with Crippen LogP contribution in [0.5, 0.6) is 0 Å². The molecule has 2 aromatic carbocycles. The zero-order valence-electron chi connectivity index (χ0n) is 22.7. The molecule has 10 nitrogen and oxygen atoms in total. The smallest absolute Gasteiger partial charge is 0.356 e. The Morgan fingerprint density at radius 2 is 1.88 bits per heavy atom. The van der Waals surface area contributed by atoms with Crippen molar-refractivity contribution < 1.29 is 37.1 Å². The Hall–Kier alpha value is -4.46. The van der Waals surface area contributed by atoms with Crippen molar-refractivity contribution in [1.29, 1.82) is 0 Å². The van der Waals surface area contributed by atoms with Gasteiger partial charge in [-0.2, -0.15) is 18.3 Å². The maximum atomic E-state index is 14.3. The van der Waals surface area contributed by atoms with E-state index in [1.165, 1.54) is 23.8 Å². The van der Waals surface area contributed by atoms with Crippen LogP contribution in [0.4, 0.5) is 23.2 Å². The highest BCUT2D eigenvalue weighted by Gasteiger charge is 2.57. The van der Waals surface area contributed by atoms with Crippen molar-refractivity contribution in [2.75, 3.05) is 25.0 Å². The lowest BCUT2D eigenvalue weighted by Crippen LogP contribution is -2.60. The van der Waals surface area contributed by atoms with E-state index in [0.717, 1.165) is 10.9 Å². The van der Waals surface area contributed by atoms with Gasteiger partial charge in [-0.3, -0.25) is 19.5 Å². The van der Waals surface area contributed by atoms with Gasteiger partial charge in [-0.05, 0) is 61.7 Å². The Kier molecular flexibility index (Phi) is 7.21. The highest BCUT2D eigenvalue weighted by molar-refractivity contribution is 5.99. The predicted molar refractivity (Wildman–Crippen MR) is 143 cm³/mol. The molecule has 3 aromatic rings. The first kappa shape index (κ1) is 29.0. The zero-order chi connectivity index (χ0) is 30.6. The third kappa shape index (κ3) is 4.85. The molecule has 1 aromatic heterocycles. The number of rotatable bonds is 5. The van der Waals surface area contributed by atoms with Gasteiger partial charge in [-0.1, -0.05) is 6.58 Å². The van der Waals surface area contributed by atoms with Gasteiger partial charge in [0.2, 0.25) is 12.3 Å². The van der Waals surface area contributed by atoms with Gasteiger partial charge >= 0.3 is 6.18 Å². The van der Waals surface area contributed by atoms with E-state index in [-0.39, 0.29) is 37.4 Å². The quantitative estimate of drug-likeness (QED) is 0.311. The van der Waals surface area contributed by atoms with Gasteiger partial charge < -0.3 is 25.1 Å². The van der Waals surface area contributed by atoms with Gasteiger partial charge in [0.25, 0.3) is 11.8 Å². The van der Waals surface area contributed by atoms with E-state index in [1.54, 1.807) is 29.3 Å². The van der Waals surface area contributed by atoms with Crippen LogP contribution in [0.1, 0.15) is 35.7 Å². The summed E-state index contributed by atoms with van der Waals surface area (Å²) in [4.78, 5) is 44.0. The van der Waals surface area contributed by atoms with Gasteiger partial charge in [0.1, 0.15) is 17.4 Å². The minimum atomic E-state index is -4.80. The second-order valence-electron chi connectivity index (χ2n) is 10.6. The number of nitrogens with zero attached hydrogens (tertiary/aromatic N) is 4. The van der Waals surface area contributed by atoms with Crippen molar-refractivity contribution in [1.82, 2.24) is 25.3 Å². The highest BCUT2D eigenvalue weighted by atomic mass is 19.4. The van der Waals surface area contributed by atoms with E-state index in [1.807, 2.05) is 0 Å². The van der Waals surface area contributed by atoms with Gasteiger partial charge in [0.15, 0.2) is 0 Å². The molecule has 2 atom stereocenters. The van der Waals surface area contributed by atoms with E-state index in [2.05, 4.69) is 22.1 Å². The maximum Gasteiger partial charge on any atom is 0.416 e. The van der Waals surface area contributed by atoms with Crippen LogP contribution in [0.15, 0.2) is 54.7 Å². The Bertz CT molecular complexity index is 1580. The van der Waals surface area contributed by atoms with E-state index in [0.29, 0.717) is 23.9 Å². The number of aromatic nitrogens is 2. The molecule has 2 unspecified atom stereocenters. The lowest BCUT2D eigenvalue weighted by atomic mass is 9.85. The number of aliphatic hydroxyl groups excluding tert-OH is 1. The number of aromatic amines is 1. The molecule has 2 aliphatic heterocycles. The van der Waals surface area contributed by atoms with Gasteiger partial charge in [-0.15, -0.1) is 0 Å². The molecule has 1 spiro atoms. The summed E-state index contributed by atoms with van der Waals surface area (Å²) in [6.07, 6.45) is -4.15. The van der Waals surface area contributed by atoms with E-state index in [9.17, 15) is 37.1 Å². The molecule has 0 radical (unpaired) electrons. The fourth-order valence-corrected chi connectivity index (χ4v) is 5.61. The first-order chi connectivity index (χ1) is 19.7. The molecule has 3 amide bonds. The number of nitrogens with one attached hydrogen (secondary N) is 2. The van der Waals surface area contributed by atoms with Crippen LogP contribution in [-0.4, -0.2) is 80.9 Å². The zero-order valence-corrected chi connectivity index (χ0v) is 22.7. The van der Waals surface area contributed by atoms with Gasteiger partial charge in [-0.25, -0.2) is 4.39 Å². The van der Waals surface area contributed by atoms with Crippen LogP contribution in [0.2, 0.25) is 0 Å². The van der Waals surface area contributed by atoms with Crippen LogP contribution >= 0.6 is 0 Å². The number of likely N-dealkylation sites (tertiary alicyclic amines) is 1. The van der Waals surface area contributed by atoms with Crippen LogP contribution in [0, 0.1) is 5.82 Å². The topological polar surface area (TPSA) is 122 Å². The number of fused-ring (bicyclic) bond motifs is 1. The first-order valence-electron chi connectivity index (χ1n) is 13.0. The van der Waals surface area contributed by atoms with Crippen molar-refractivity contribution in [2.24, 2.45) is 0 Å². The van der Waals surface area contributed by atoms with Gasteiger partial charge in [0.05, 0.1) is 22.8 Å². The second-order valence-corrected chi connectivity index (χ2v) is 10.6. The molecule has 3 N–H and O–H groups in total. The normalized spacial score (nSPS) is 19.5. The van der Waals surface area contributed by atoms with Crippen molar-refractivity contribution >= 4 is 34.3 Å². The molecule has 2 fully saturated rings. The van der Waals surface area contributed by atoms with Crippen LogP contribution in [0.3, 0.4) is 0 Å². The Morgan fingerprint density at radius 1 is 1.19 bits per heavy atom. The fraction of sp³-hybridized carbons (Fsp3) is 0.357. The number of likely N-dealkylation sites (N-methyl/N-ethyl adjacent to an activating group) is 1. The molecular weight excluding hydrogens is 560 g/mol.